The summed E-state index contributed by atoms with van der Waals surface area (Å²) in [4.78, 5) is 10.5. The third-order valence-corrected chi connectivity index (χ3v) is 4.04. The predicted molar refractivity (Wildman–Crippen MR) is 65.3 cm³/mol. The zero-order valence-corrected chi connectivity index (χ0v) is 10.8. The van der Waals surface area contributed by atoms with Gasteiger partial charge in [0.25, 0.3) is 0 Å². The Labute approximate surface area is 109 Å². The van der Waals surface area contributed by atoms with Gasteiger partial charge in [0.15, 0.2) is 0 Å². The molecule has 3 N–H and O–H groups in total. The molecule has 0 atom stereocenters. The third kappa shape index (κ3) is 3.67. The lowest BCUT2D eigenvalue weighted by Gasteiger charge is -2.08. The summed E-state index contributed by atoms with van der Waals surface area (Å²) in [6, 6.07) is 3.43. The molecule has 0 amide bonds. The van der Waals surface area contributed by atoms with Crippen LogP contribution >= 0.6 is 11.6 Å². The molecule has 1 rings (SSSR count). The normalized spacial score (nSPS) is 11.4. The van der Waals surface area contributed by atoms with Crippen LogP contribution < -0.4 is 4.72 Å². The number of halogens is 1. The molecule has 0 unspecified atom stereocenters. The first-order valence-corrected chi connectivity index (χ1v) is 6.88. The highest BCUT2D eigenvalue weighted by atomic mass is 35.5. The van der Waals surface area contributed by atoms with E-state index in [1.165, 1.54) is 12.1 Å². The average molecular weight is 294 g/mol. The van der Waals surface area contributed by atoms with Crippen molar-refractivity contribution in [3.05, 3.63) is 28.8 Å². The summed E-state index contributed by atoms with van der Waals surface area (Å²) in [5, 5.41) is 17.3. The van der Waals surface area contributed by atoms with Crippen LogP contribution in [0.15, 0.2) is 23.1 Å². The topological polar surface area (TPSA) is 104 Å². The second-order valence-electron chi connectivity index (χ2n) is 3.43. The van der Waals surface area contributed by atoms with Crippen LogP contribution in [0.5, 0.6) is 0 Å². The minimum atomic E-state index is -3.88. The zero-order valence-electron chi connectivity index (χ0n) is 9.26. The standard InChI is InChI=1S/C10H12ClNO5S/c11-8-3-2-7(10(14)15)6-9(8)18(16,17)12-4-1-5-13/h2-3,6,12-13H,1,4-5H2,(H,14,15). The van der Waals surface area contributed by atoms with E-state index in [2.05, 4.69) is 4.72 Å². The Kier molecular flexibility index (Phi) is 5.09. The maximum absolute atomic E-state index is 11.8. The van der Waals surface area contributed by atoms with Gasteiger partial charge in [-0.3, -0.25) is 0 Å². The molecule has 8 heteroatoms. The third-order valence-electron chi connectivity index (χ3n) is 2.09. The van der Waals surface area contributed by atoms with Crippen molar-refractivity contribution in [2.45, 2.75) is 11.3 Å². The Morgan fingerprint density at radius 3 is 2.61 bits per heavy atom. The summed E-state index contributed by atoms with van der Waals surface area (Å²) in [6.45, 7) is -0.0993. The number of hydrogen-bond acceptors (Lipinski definition) is 4. The van der Waals surface area contributed by atoms with Crippen LogP contribution in [0.25, 0.3) is 0 Å². The van der Waals surface area contributed by atoms with Crippen molar-refractivity contribution >= 4 is 27.6 Å². The molecule has 0 aliphatic rings. The quantitative estimate of drug-likeness (QED) is 0.670. The van der Waals surface area contributed by atoms with Crippen molar-refractivity contribution in [2.75, 3.05) is 13.2 Å². The van der Waals surface area contributed by atoms with Gasteiger partial charge < -0.3 is 10.2 Å². The van der Waals surface area contributed by atoms with E-state index in [4.69, 9.17) is 21.8 Å². The number of carbonyl (C=O) groups is 1. The smallest absolute Gasteiger partial charge is 0.335 e. The van der Waals surface area contributed by atoms with Crippen molar-refractivity contribution in [1.29, 1.82) is 0 Å². The molecule has 0 radical (unpaired) electrons. The van der Waals surface area contributed by atoms with Crippen molar-refractivity contribution in [3.8, 4) is 0 Å². The maximum Gasteiger partial charge on any atom is 0.335 e. The first kappa shape index (κ1) is 14.9. The van der Waals surface area contributed by atoms with E-state index < -0.39 is 16.0 Å². The van der Waals surface area contributed by atoms with Gasteiger partial charge in [0, 0.05) is 13.2 Å². The van der Waals surface area contributed by atoms with Gasteiger partial charge in [0.1, 0.15) is 4.90 Å². The summed E-state index contributed by atoms with van der Waals surface area (Å²) in [5.74, 6) is -1.24. The summed E-state index contributed by atoms with van der Waals surface area (Å²) < 4.78 is 25.9. The van der Waals surface area contributed by atoms with E-state index in [0.717, 1.165) is 6.07 Å². The number of aliphatic hydroxyl groups excluding tert-OH is 1. The van der Waals surface area contributed by atoms with Gasteiger partial charge in [-0.15, -0.1) is 0 Å². The van der Waals surface area contributed by atoms with Crippen molar-refractivity contribution in [1.82, 2.24) is 4.72 Å². The summed E-state index contributed by atoms with van der Waals surface area (Å²) in [7, 11) is -3.88. The Hall–Kier alpha value is -1.15. The number of aromatic carboxylic acids is 1. The Morgan fingerprint density at radius 2 is 2.06 bits per heavy atom. The van der Waals surface area contributed by atoms with Crippen LogP contribution in [0.2, 0.25) is 5.02 Å². The number of carboxylic acids is 1. The molecule has 1 aromatic rings. The van der Waals surface area contributed by atoms with Crippen LogP contribution in [0, 0.1) is 0 Å². The van der Waals surface area contributed by atoms with Crippen molar-refractivity contribution in [2.24, 2.45) is 0 Å². The van der Waals surface area contributed by atoms with Gasteiger partial charge in [-0.25, -0.2) is 17.9 Å². The Balaban J connectivity index is 3.07. The number of hydrogen-bond donors (Lipinski definition) is 3. The average Bonchev–Trinajstić information content (AvgIpc) is 2.29. The highest BCUT2D eigenvalue weighted by Gasteiger charge is 2.19. The summed E-state index contributed by atoms with van der Waals surface area (Å²) in [5.41, 5.74) is -0.165. The molecule has 6 nitrogen and oxygen atoms in total. The molecule has 0 saturated heterocycles. The molecule has 18 heavy (non-hydrogen) atoms. The van der Waals surface area contributed by atoms with E-state index in [1.54, 1.807) is 0 Å². The number of sulfonamides is 1. The molecular weight excluding hydrogens is 282 g/mol. The Morgan fingerprint density at radius 1 is 1.39 bits per heavy atom. The van der Waals surface area contributed by atoms with Crippen molar-refractivity contribution < 1.29 is 23.4 Å². The van der Waals surface area contributed by atoms with Crippen LogP contribution in [0.3, 0.4) is 0 Å². The molecule has 0 bridgehead atoms. The highest BCUT2D eigenvalue weighted by Crippen LogP contribution is 2.22. The number of aliphatic hydroxyl groups is 1. The van der Waals surface area contributed by atoms with E-state index in [0.29, 0.717) is 0 Å². The first-order valence-electron chi connectivity index (χ1n) is 5.02. The molecule has 0 heterocycles. The Bertz CT molecular complexity index is 543. The predicted octanol–water partition coefficient (Wildman–Crippen LogP) is 0.699. The fourth-order valence-corrected chi connectivity index (χ4v) is 2.80. The molecule has 1 aromatic carbocycles. The van der Waals surface area contributed by atoms with Gasteiger partial charge in [-0.1, -0.05) is 11.6 Å². The highest BCUT2D eigenvalue weighted by molar-refractivity contribution is 7.89. The monoisotopic (exact) mass is 293 g/mol. The molecule has 0 spiro atoms. The fraction of sp³-hybridized carbons (Fsp3) is 0.300. The van der Waals surface area contributed by atoms with Crippen molar-refractivity contribution in [3.63, 3.8) is 0 Å². The second-order valence-corrected chi connectivity index (χ2v) is 5.57. The van der Waals surface area contributed by atoms with Crippen LogP contribution in [0.4, 0.5) is 0 Å². The molecule has 100 valence electrons. The van der Waals surface area contributed by atoms with Gasteiger partial charge in [0.05, 0.1) is 10.6 Å². The maximum atomic E-state index is 11.8. The van der Waals surface area contributed by atoms with Gasteiger partial charge in [0.2, 0.25) is 10.0 Å². The van der Waals surface area contributed by atoms with Gasteiger partial charge >= 0.3 is 5.97 Å². The van der Waals surface area contributed by atoms with E-state index in [9.17, 15) is 13.2 Å². The zero-order chi connectivity index (χ0) is 13.8. The lowest BCUT2D eigenvalue weighted by atomic mass is 10.2. The molecule has 0 aromatic heterocycles. The lowest BCUT2D eigenvalue weighted by molar-refractivity contribution is 0.0696. The summed E-state index contributed by atoms with van der Waals surface area (Å²) >= 11 is 5.74. The van der Waals surface area contributed by atoms with E-state index in [-0.39, 0.29) is 35.1 Å². The minimum Gasteiger partial charge on any atom is -0.478 e. The number of carboxylic acid groups (broad SMARTS) is 1. The summed E-state index contributed by atoms with van der Waals surface area (Å²) in [6.07, 6.45) is 0.259. The van der Waals surface area contributed by atoms with Gasteiger partial charge in [-0.05, 0) is 24.6 Å². The largest absolute Gasteiger partial charge is 0.478 e. The van der Waals surface area contributed by atoms with Crippen LogP contribution in [-0.4, -0.2) is 37.8 Å². The lowest BCUT2D eigenvalue weighted by Crippen LogP contribution is -2.25. The number of rotatable bonds is 6. The van der Waals surface area contributed by atoms with E-state index >= 15 is 0 Å². The van der Waals surface area contributed by atoms with Gasteiger partial charge in [-0.2, -0.15) is 0 Å². The number of nitrogens with one attached hydrogen (secondary N) is 1. The molecular formula is C10H12ClNO5S. The molecule has 0 fully saturated rings. The second kappa shape index (κ2) is 6.14. The van der Waals surface area contributed by atoms with E-state index in [1.807, 2.05) is 0 Å². The minimum absolute atomic E-state index is 0.0481. The fourth-order valence-electron chi connectivity index (χ4n) is 1.21. The molecule has 0 aliphatic heterocycles. The van der Waals surface area contributed by atoms with Crippen LogP contribution in [0.1, 0.15) is 16.8 Å². The van der Waals surface area contributed by atoms with Crippen LogP contribution in [-0.2, 0) is 10.0 Å². The molecule has 0 aliphatic carbocycles. The number of benzene rings is 1. The molecule has 0 saturated carbocycles. The first-order chi connectivity index (χ1) is 8.38. The SMILES string of the molecule is O=C(O)c1ccc(Cl)c(S(=O)(=O)NCCCO)c1.